The Morgan fingerprint density at radius 3 is 2.50 bits per heavy atom. The molecule has 1 aromatic rings. The molecule has 2 rings (SSSR count). The summed E-state index contributed by atoms with van der Waals surface area (Å²) in [5.41, 5.74) is 1.12. The van der Waals surface area contributed by atoms with Gasteiger partial charge in [-0.1, -0.05) is 11.6 Å². The van der Waals surface area contributed by atoms with E-state index < -0.39 is 18.7 Å². The number of allylic oxidation sites excluding steroid dienone is 1. The second-order valence-corrected chi connectivity index (χ2v) is 6.37. The smallest absolute Gasteiger partial charge is 0.387 e. The lowest BCUT2D eigenvalue weighted by Gasteiger charge is -2.32. The zero-order chi connectivity index (χ0) is 21.0. The van der Waals surface area contributed by atoms with Crippen LogP contribution in [0.3, 0.4) is 0 Å². The molecule has 1 aliphatic rings. The summed E-state index contributed by atoms with van der Waals surface area (Å²) in [5, 5.41) is 5.14. The summed E-state index contributed by atoms with van der Waals surface area (Å²) in [4.78, 5) is 26.6. The number of rotatable bonds is 7. The molecule has 2 N–H and O–H groups in total. The summed E-state index contributed by atoms with van der Waals surface area (Å²) in [6.07, 6.45) is 0. The minimum atomic E-state index is -3.09. The maximum atomic E-state index is 13.0. The molecule has 1 aliphatic heterocycles. The van der Waals surface area contributed by atoms with E-state index in [4.69, 9.17) is 16.3 Å². The number of carbonyl (C=O) groups is 2. The molecule has 0 saturated carbocycles. The van der Waals surface area contributed by atoms with Crippen molar-refractivity contribution in [2.24, 2.45) is 0 Å². The molecule has 0 unspecified atom stereocenters. The molecule has 0 spiro atoms. The summed E-state index contributed by atoms with van der Waals surface area (Å²) in [6, 6.07) is 1.43. The number of hydrogen-bond acceptors (Lipinski definition) is 4. The van der Waals surface area contributed by atoms with Crippen molar-refractivity contribution in [1.82, 2.24) is 15.5 Å². The van der Waals surface area contributed by atoms with Crippen molar-refractivity contribution in [3.8, 4) is 11.5 Å². The number of carbonyl (C=O) groups excluding carboxylic acids is 2. The van der Waals surface area contributed by atoms with Gasteiger partial charge in [0.15, 0.2) is 11.5 Å². The monoisotopic (exact) mass is 417 g/mol. The van der Waals surface area contributed by atoms with E-state index in [2.05, 4.69) is 15.4 Å². The van der Waals surface area contributed by atoms with E-state index in [1.54, 1.807) is 11.8 Å². The number of nitrogens with zero attached hydrogens (tertiary/aromatic N) is 1. The molecule has 10 heteroatoms. The highest BCUT2D eigenvalue weighted by atomic mass is 35.5. The third kappa shape index (κ3) is 4.46. The Kier molecular flexibility index (Phi) is 7.06. The highest BCUT2D eigenvalue weighted by Crippen LogP contribution is 2.40. The van der Waals surface area contributed by atoms with Crippen LogP contribution < -0.4 is 20.1 Å². The van der Waals surface area contributed by atoms with Crippen LogP contribution in [0.25, 0.3) is 0 Å². The number of urea groups is 1. The molecule has 0 radical (unpaired) electrons. The third-order valence-electron chi connectivity index (χ3n) is 4.34. The Bertz CT molecular complexity index is 797. The molecular weight excluding hydrogens is 396 g/mol. The summed E-state index contributed by atoms with van der Waals surface area (Å²) in [6.45, 7) is 3.19. The van der Waals surface area contributed by atoms with Crippen molar-refractivity contribution in [2.45, 2.75) is 33.4 Å². The van der Waals surface area contributed by atoms with Crippen molar-refractivity contribution in [3.63, 3.8) is 0 Å². The van der Waals surface area contributed by atoms with Crippen molar-refractivity contribution in [2.75, 3.05) is 20.2 Å². The van der Waals surface area contributed by atoms with Gasteiger partial charge in [-0.3, -0.25) is 4.79 Å². The molecule has 0 fully saturated rings. The number of alkyl halides is 2. The van der Waals surface area contributed by atoms with Crippen molar-refractivity contribution in [1.29, 1.82) is 0 Å². The van der Waals surface area contributed by atoms with Gasteiger partial charge < -0.3 is 25.0 Å². The summed E-state index contributed by atoms with van der Waals surface area (Å²) in [7, 11) is 1.28. The van der Waals surface area contributed by atoms with Gasteiger partial charge in [0.25, 0.3) is 5.91 Å². The highest BCUT2D eigenvalue weighted by molar-refractivity contribution is 6.32. The molecular formula is C18H22ClF2N3O4. The molecule has 0 saturated heterocycles. The Hall–Kier alpha value is -2.55. The van der Waals surface area contributed by atoms with Crippen molar-refractivity contribution < 1.29 is 27.8 Å². The van der Waals surface area contributed by atoms with Crippen LogP contribution in [0.5, 0.6) is 11.5 Å². The lowest BCUT2D eigenvalue weighted by Crippen LogP contribution is -2.47. The van der Waals surface area contributed by atoms with Gasteiger partial charge in [-0.05, 0) is 38.5 Å². The molecule has 1 atom stereocenters. The minimum absolute atomic E-state index is 0.0390. The van der Waals surface area contributed by atoms with Gasteiger partial charge in [0.2, 0.25) is 0 Å². The van der Waals surface area contributed by atoms with Crippen LogP contribution in [0.15, 0.2) is 23.4 Å². The van der Waals surface area contributed by atoms with Crippen molar-refractivity contribution >= 4 is 23.5 Å². The summed E-state index contributed by atoms with van der Waals surface area (Å²) >= 11 is 6.12. The predicted molar refractivity (Wildman–Crippen MR) is 99.7 cm³/mol. The average molecular weight is 418 g/mol. The number of halogens is 3. The molecule has 0 aliphatic carbocycles. The van der Waals surface area contributed by atoms with Crippen molar-refractivity contribution in [3.05, 3.63) is 34.0 Å². The SMILES string of the molecule is CCN(CC)C(=O)C1=C(C)NC(=O)N[C@@H]1c1cc(Cl)c(OC(F)F)c(OC)c1. The van der Waals surface area contributed by atoms with Gasteiger partial charge in [-0.25, -0.2) is 4.79 Å². The zero-order valence-electron chi connectivity index (χ0n) is 15.9. The molecule has 0 aromatic heterocycles. The Morgan fingerprint density at radius 2 is 1.96 bits per heavy atom. The second-order valence-electron chi connectivity index (χ2n) is 5.96. The van der Waals surface area contributed by atoms with E-state index >= 15 is 0 Å². The zero-order valence-corrected chi connectivity index (χ0v) is 16.7. The van der Waals surface area contributed by atoms with Crippen LogP contribution in [0.2, 0.25) is 5.02 Å². The highest BCUT2D eigenvalue weighted by Gasteiger charge is 2.34. The van der Waals surface area contributed by atoms with Gasteiger partial charge in [0, 0.05) is 18.8 Å². The largest absolute Gasteiger partial charge is 0.493 e. The average Bonchev–Trinajstić information content (AvgIpc) is 2.63. The number of hydrogen-bond donors (Lipinski definition) is 2. The van der Waals surface area contributed by atoms with E-state index in [0.717, 1.165) is 0 Å². The summed E-state index contributed by atoms with van der Waals surface area (Å²) < 4.78 is 34.8. The van der Waals surface area contributed by atoms with Crippen LogP contribution in [-0.2, 0) is 4.79 Å². The first-order valence-electron chi connectivity index (χ1n) is 8.63. The lowest BCUT2D eigenvalue weighted by molar-refractivity contribution is -0.127. The minimum Gasteiger partial charge on any atom is -0.493 e. The van der Waals surface area contributed by atoms with Gasteiger partial charge in [-0.2, -0.15) is 8.78 Å². The molecule has 1 aromatic carbocycles. The fourth-order valence-electron chi connectivity index (χ4n) is 3.02. The number of methoxy groups -OCH3 is 1. The first-order chi connectivity index (χ1) is 13.2. The van der Waals surface area contributed by atoms with Gasteiger partial charge in [-0.15, -0.1) is 0 Å². The van der Waals surface area contributed by atoms with Crippen LogP contribution >= 0.6 is 11.6 Å². The molecule has 3 amide bonds. The fourth-order valence-corrected chi connectivity index (χ4v) is 3.28. The number of amides is 3. The molecule has 0 bridgehead atoms. The van der Waals surface area contributed by atoms with Gasteiger partial charge >= 0.3 is 12.6 Å². The Labute approximate surface area is 166 Å². The Morgan fingerprint density at radius 1 is 1.32 bits per heavy atom. The maximum Gasteiger partial charge on any atom is 0.387 e. The van der Waals surface area contributed by atoms with E-state index in [1.165, 1.54) is 19.2 Å². The predicted octanol–water partition coefficient (Wildman–Crippen LogP) is 3.45. The third-order valence-corrected chi connectivity index (χ3v) is 4.62. The number of likely N-dealkylation sites (N-methyl/N-ethyl adjacent to an activating group) is 1. The maximum absolute atomic E-state index is 13.0. The molecule has 28 heavy (non-hydrogen) atoms. The number of nitrogens with one attached hydrogen (secondary N) is 2. The molecule has 7 nitrogen and oxygen atoms in total. The van der Waals surface area contributed by atoms with E-state index in [-0.39, 0.29) is 22.4 Å². The van der Waals surface area contributed by atoms with Gasteiger partial charge in [0.1, 0.15) is 0 Å². The van der Waals surface area contributed by atoms with Gasteiger partial charge in [0.05, 0.1) is 23.7 Å². The van der Waals surface area contributed by atoms with Crippen LogP contribution in [0, 0.1) is 0 Å². The van der Waals surface area contributed by atoms with E-state index in [1.807, 2.05) is 13.8 Å². The second kappa shape index (κ2) is 9.09. The van der Waals surface area contributed by atoms with Crippen LogP contribution in [0.4, 0.5) is 13.6 Å². The first kappa shape index (κ1) is 21.7. The quantitative estimate of drug-likeness (QED) is 0.712. The van der Waals surface area contributed by atoms with E-state index in [9.17, 15) is 18.4 Å². The standard InChI is InChI=1S/C18H22ClF2N3O4/c1-5-24(6-2)16(25)13-9(3)22-18(26)23-14(13)10-7-11(19)15(28-17(20)21)12(8-10)27-4/h7-8,14,17H,5-6H2,1-4H3,(H2,22,23,26)/t14-/m1/s1. The lowest BCUT2D eigenvalue weighted by atomic mass is 9.94. The van der Waals surface area contributed by atoms with Crippen LogP contribution in [0.1, 0.15) is 32.4 Å². The number of benzene rings is 1. The first-order valence-corrected chi connectivity index (χ1v) is 9.00. The fraction of sp³-hybridized carbons (Fsp3) is 0.444. The number of ether oxygens (including phenoxy) is 2. The Balaban J connectivity index is 2.56. The van der Waals surface area contributed by atoms with E-state index in [0.29, 0.717) is 29.9 Å². The normalized spacial score (nSPS) is 16.6. The summed E-state index contributed by atoms with van der Waals surface area (Å²) in [5.74, 6) is -0.619. The molecule has 1 heterocycles. The van der Waals surface area contributed by atoms with Crippen LogP contribution in [-0.4, -0.2) is 43.6 Å². The molecule has 154 valence electrons. The topological polar surface area (TPSA) is 79.9 Å².